The molecule has 5 heteroatoms. The Labute approximate surface area is 78.9 Å². The summed E-state index contributed by atoms with van der Waals surface area (Å²) in [6.07, 6.45) is 2.04. The molecule has 0 aliphatic heterocycles. The summed E-state index contributed by atoms with van der Waals surface area (Å²) in [5.74, 6) is 0.983. The zero-order valence-electron chi connectivity index (χ0n) is 6.04. The Morgan fingerprint density at radius 1 is 1.82 bits per heavy atom. The topological polar surface area (TPSA) is 22.1 Å². The molecule has 11 heavy (non-hydrogen) atoms. The molecule has 1 aromatic heterocycles. The van der Waals surface area contributed by atoms with Crippen molar-refractivity contribution >= 4 is 34.7 Å². The molecule has 0 unspecified atom stereocenters. The van der Waals surface area contributed by atoms with E-state index < -0.39 is 0 Å². The molecule has 0 aromatic carbocycles. The molecule has 1 rings (SSSR count). The van der Waals surface area contributed by atoms with Crippen LogP contribution in [0.15, 0.2) is 5.38 Å². The quantitative estimate of drug-likeness (QED) is 0.712. The van der Waals surface area contributed by atoms with Gasteiger partial charge in [-0.25, -0.2) is 0 Å². The van der Waals surface area contributed by atoms with Gasteiger partial charge in [0.2, 0.25) is 0 Å². The van der Waals surface area contributed by atoms with Crippen LogP contribution < -0.4 is 4.74 Å². The predicted octanol–water partition coefficient (Wildman–Crippen LogP) is 2.54. The van der Waals surface area contributed by atoms with E-state index >= 15 is 0 Å². The lowest BCUT2D eigenvalue weighted by molar-refractivity contribution is 0.342. The first kappa shape index (κ1) is 9.16. The van der Waals surface area contributed by atoms with Crippen LogP contribution >= 0.6 is 34.7 Å². The highest BCUT2D eigenvalue weighted by Gasteiger charge is 1.98. The Hall–Kier alpha value is 0.0700. The number of rotatable bonds is 4. The summed E-state index contributed by atoms with van der Waals surface area (Å²) in [5.41, 5.74) is 0. The molecule has 1 aromatic rings. The minimum absolute atomic E-state index is 0.508. The second kappa shape index (κ2) is 4.85. The molecule has 62 valence electrons. The number of aromatic nitrogens is 1. The molecular formula is C6H8ClNOS2. The van der Waals surface area contributed by atoms with Gasteiger partial charge in [0, 0.05) is 11.1 Å². The average molecular weight is 210 g/mol. The van der Waals surface area contributed by atoms with Gasteiger partial charge in [0.1, 0.15) is 5.15 Å². The lowest BCUT2D eigenvalue weighted by Gasteiger charge is -1.97. The smallest absolute Gasteiger partial charge is 0.274 e. The Kier molecular flexibility index (Phi) is 4.04. The van der Waals surface area contributed by atoms with Gasteiger partial charge in [0.05, 0.1) is 6.61 Å². The number of halogens is 1. The fourth-order valence-corrected chi connectivity index (χ4v) is 1.58. The van der Waals surface area contributed by atoms with E-state index in [2.05, 4.69) is 4.98 Å². The SMILES string of the molecule is CSCCOc1nc(Cl)cs1. The third-order valence-electron chi connectivity index (χ3n) is 0.968. The van der Waals surface area contributed by atoms with Crippen LogP contribution in [0.1, 0.15) is 0 Å². The van der Waals surface area contributed by atoms with E-state index in [-0.39, 0.29) is 0 Å². The van der Waals surface area contributed by atoms with Crippen LogP contribution in [0, 0.1) is 0 Å². The zero-order valence-corrected chi connectivity index (χ0v) is 8.43. The molecule has 0 atom stereocenters. The van der Waals surface area contributed by atoms with Gasteiger partial charge in [-0.1, -0.05) is 22.9 Å². The van der Waals surface area contributed by atoms with Crippen molar-refractivity contribution in [3.63, 3.8) is 0 Å². The summed E-state index contributed by atoms with van der Waals surface area (Å²) in [7, 11) is 0. The van der Waals surface area contributed by atoms with Crippen LogP contribution in [0.3, 0.4) is 0 Å². The van der Waals surface area contributed by atoms with Gasteiger partial charge in [0.15, 0.2) is 0 Å². The van der Waals surface area contributed by atoms with E-state index in [1.165, 1.54) is 11.3 Å². The van der Waals surface area contributed by atoms with E-state index in [9.17, 15) is 0 Å². The van der Waals surface area contributed by atoms with E-state index in [0.29, 0.717) is 17.0 Å². The van der Waals surface area contributed by atoms with Gasteiger partial charge < -0.3 is 4.74 Å². The maximum Gasteiger partial charge on any atom is 0.274 e. The molecule has 0 N–H and O–H groups in total. The molecule has 2 nitrogen and oxygen atoms in total. The number of ether oxygens (including phenoxy) is 1. The molecule has 0 fully saturated rings. The third-order valence-corrected chi connectivity index (χ3v) is 2.62. The lowest BCUT2D eigenvalue weighted by Crippen LogP contribution is -1.98. The monoisotopic (exact) mass is 209 g/mol. The van der Waals surface area contributed by atoms with Crippen molar-refractivity contribution in [3.05, 3.63) is 10.5 Å². The van der Waals surface area contributed by atoms with Crippen LogP contribution in [-0.2, 0) is 0 Å². The van der Waals surface area contributed by atoms with Crippen molar-refractivity contribution in [2.24, 2.45) is 0 Å². The molecule has 0 saturated carbocycles. The largest absolute Gasteiger partial charge is 0.469 e. The number of thiazole rings is 1. The first-order valence-corrected chi connectivity index (χ1v) is 5.71. The van der Waals surface area contributed by atoms with Crippen LogP contribution in [0.25, 0.3) is 0 Å². The lowest BCUT2D eigenvalue weighted by atomic mass is 10.9. The highest BCUT2D eigenvalue weighted by atomic mass is 35.5. The van der Waals surface area contributed by atoms with Crippen molar-refractivity contribution in [3.8, 4) is 5.19 Å². The summed E-state index contributed by atoms with van der Waals surface area (Å²) in [4.78, 5) is 3.93. The predicted molar refractivity (Wildman–Crippen MR) is 51.0 cm³/mol. The van der Waals surface area contributed by atoms with Gasteiger partial charge in [0.25, 0.3) is 5.19 Å². The minimum Gasteiger partial charge on any atom is -0.469 e. The summed E-state index contributed by atoms with van der Waals surface area (Å²) in [6, 6.07) is 0. The Balaban J connectivity index is 2.27. The fourth-order valence-electron chi connectivity index (χ4n) is 0.518. The minimum atomic E-state index is 0.508. The highest BCUT2D eigenvalue weighted by Crippen LogP contribution is 2.20. The molecule has 0 amide bonds. The zero-order chi connectivity index (χ0) is 8.10. The molecule has 0 saturated heterocycles. The summed E-state index contributed by atoms with van der Waals surface area (Å²) in [6.45, 7) is 0.699. The molecule has 1 heterocycles. The highest BCUT2D eigenvalue weighted by molar-refractivity contribution is 7.98. The standard InChI is InChI=1S/C6H8ClNOS2/c1-10-3-2-9-6-8-5(7)4-11-6/h4H,2-3H2,1H3. The first-order valence-electron chi connectivity index (χ1n) is 3.05. The Bertz CT molecular complexity index is 216. The first-order chi connectivity index (χ1) is 5.33. The van der Waals surface area contributed by atoms with Gasteiger partial charge >= 0.3 is 0 Å². The Morgan fingerprint density at radius 3 is 3.18 bits per heavy atom. The third kappa shape index (κ3) is 3.31. The van der Waals surface area contributed by atoms with E-state index in [1.54, 1.807) is 17.1 Å². The van der Waals surface area contributed by atoms with Gasteiger partial charge in [-0.3, -0.25) is 0 Å². The molecular weight excluding hydrogens is 202 g/mol. The van der Waals surface area contributed by atoms with Gasteiger partial charge in [-0.15, -0.1) is 0 Å². The molecule has 0 aliphatic rings. The van der Waals surface area contributed by atoms with Crippen LogP contribution in [0.5, 0.6) is 5.19 Å². The van der Waals surface area contributed by atoms with Crippen LogP contribution in [0.2, 0.25) is 5.15 Å². The summed E-state index contributed by atoms with van der Waals surface area (Å²) < 4.78 is 5.27. The molecule has 0 spiro atoms. The fraction of sp³-hybridized carbons (Fsp3) is 0.500. The van der Waals surface area contributed by atoms with Crippen molar-refractivity contribution < 1.29 is 4.74 Å². The maximum atomic E-state index is 5.59. The van der Waals surface area contributed by atoms with Crippen molar-refractivity contribution in [2.45, 2.75) is 0 Å². The van der Waals surface area contributed by atoms with E-state index in [0.717, 1.165) is 5.75 Å². The van der Waals surface area contributed by atoms with E-state index in [1.807, 2.05) is 6.26 Å². The van der Waals surface area contributed by atoms with E-state index in [4.69, 9.17) is 16.3 Å². The van der Waals surface area contributed by atoms with Crippen LogP contribution in [0.4, 0.5) is 0 Å². The van der Waals surface area contributed by atoms with Crippen molar-refractivity contribution in [2.75, 3.05) is 18.6 Å². The summed E-state index contributed by atoms with van der Waals surface area (Å²) >= 11 is 8.76. The maximum absolute atomic E-state index is 5.59. The Morgan fingerprint density at radius 2 is 2.64 bits per heavy atom. The van der Waals surface area contributed by atoms with Gasteiger partial charge in [-0.2, -0.15) is 16.7 Å². The number of thioether (sulfide) groups is 1. The second-order valence-corrected chi connectivity index (χ2v) is 3.97. The van der Waals surface area contributed by atoms with Gasteiger partial charge in [-0.05, 0) is 6.26 Å². The molecule has 0 radical (unpaired) electrons. The number of nitrogens with zero attached hydrogens (tertiary/aromatic N) is 1. The van der Waals surface area contributed by atoms with Crippen molar-refractivity contribution in [1.29, 1.82) is 0 Å². The molecule has 0 bridgehead atoms. The number of hydrogen-bond acceptors (Lipinski definition) is 4. The normalized spacial score (nSPS) is 10.0. The molecule has 0 aliphatic carbocycles. The van der Waals surface area contributed by atoms with Crippen molar-refractivity contribution in [1.82, 2.24) is 4.98 Å². The number of hydrogen-bond donors (Lipinski definition) is 0. The second-order valence-electron chi connectivity index (χ2n) is 1.78. The van der Waals surface area contributed by atoms with Crippen LogP contribution in [-0.4, -0.2) is 23.6 Å². The summed E-state index contributed by atoms with van der Waals surface area (Å²) in [5, 5.41) is 2.92. The average Bonchev–Trinajstić information content (AvgIpc) is 2.37.